The molecule has 0 bridgehead atoms. The predicted molar refractivity (Wildman–Crippen MR) is 86.8 cm³/mol. The van der Waals surface area contributed by atoms with Gasteiger partial charge in [0.15, 0.2) is 0 Å². The zero-order valence-corrected chi connectivity index (χ0v) is 13.5. The predicted octanol–water partition coefficient (Wildman–Crippen LogP) is 1.69. The van der Waals surface area contributed by atoms with E-state index in [4.69, 9.17) is 5.73 Å². The van der Waals surface area contributed by atoms with Gasteiger partial charge in [0.1, 0.15) is 11.6 Å². The highest BCUT2D eigenvalue weighted by molar-refractivity contribution is 5.97. The van der Waals surface area contributed by atoms with E-state index < -0.39 is 0 Å². The standard InChI is InChI=1S/C16H22N6O/c1-10-12(8-20-22(10)2)7-19-16(23)13-9-18-15(21-14(13)17)11-5-3-4-6-11/h8-9,11H,3-7H2,1-2H3,(H,19,23)(H2,17,18,21). The molecule has 2 heterocycles. The van der Waals surface area contributed by atoms with Gasteiger partial charge < -0.3 is 11.1 Å². The van der Waals surface area contributed by atoms with Gasteiger partial charge in [-0.2, -0.15) is 5.10 Å². The van der Waals surface area contributed by atoms with Gasteiger partial charge in [-0.3, -0.25) is 9.48 Å². The molecule has 1 aliphatic rings. The molecule has 1 amide bonds. The maximum Gasteiger partial charge on any atom is 0.256 e. The smallest absolute Gasteiger partial charge is 0.256 e. The lowest BCUT2D eigenvalue weighted by Crippen LogP contribution is -2.25. The summed E-state index contributed by atoms with van der Waals surface area (Å²) >= 11 is 0. The molecule has 1 fully saturated rings. The summed E-state index contributed by atoms with van der Waals surface area (Å²) in [5.41, 5.74) is 8.29. The first-order valence-corrected chi connectivity index (χ1v) is 7.94. The van der Waals surface area contributed by atoms with E-state index in [9.17, 15) is 4.79 Å². The summed E-state index contributed by atoms with van der Waals surface area (Å²) < 4.78 is 1.77. The van der Waals surface area contributed by atoms with Crippen molar-refractivity contribution in [1.29, 1.82) is 0 Å². The number of aryl methyl sites for hydroxylation is 1. The molecule has 1 aliphatic carbocycles. The summed E-state index contributed by atoms with van der Waals surface area (Å²) in [6.07, 6.45) is 7.91. The van der Waals surface area contributed by atoms with Gasteiger partial charge in [0.2, 0.25) is 0 Å². The number of nitrogen functional groups attached to an aromatic ring is 1. The van der Waals surface area contributed by atoms with Crippen LogP contribution in [0.3, 0.4) is 0 Å². The molecule has 0 spiro atoms. The van der Waals surface area contributed by atoms with Gasteiger partial charge in [-0.05, 0) is 19.8 Å². The molecule has 0 atom stereocenters. The topological polar surface area (TPSA) is 98.7 Å². The van der Waals surface area contributed by atoms with Crippen LogP contribution >= 0.6 is 0 Å². The number of carbonyl (C=O) groups is 1. The van der Waals surface area contributed by atoms with Crippen molar-refractivity contribution in [3.63, 3.8) is 0 Å². The highest BCUT2D eigenvalue weighted by Crippen LogP contribution is 2.32. The monoisotopic (exact) mass is 314 g/mol. The van der Waals surface area contributed by atoms with E-state index in [1.165, 1.54) is 12.8 Å². The molecule has 0 radical (unpaired) electrons. The molecule has 3 N–H and O–H groups in total. The Kier molecular flexibility index (Phi) is 4.27. The molecule has 0 unspecified atom stereocenters. The minimum absolute atomic E-state index is 0.252. The van der Waals surface area contributed by atoms with Crippen LogP contribution in [0.25, 0.3) is 0 Å². The van der Waals surface area contributed by atoms with Crippen LogP contribution in [0.5, 0.6) is 0 Å². The molecule has 23 heavy (non-hydrogen) atoms. The number of amides is 1. The number of aromatic nitrogens is 4. The zero-order valence-electron chi connectivity index (χ0n) is 13.5. The summed E-state index contributed by atoms with van der Waals surface area (Å²) in [5.74, 6) is 1.14. The average molecular weight is 314 g/mol. The number of carbonyl (C=O) groups excluding carboxylic acids is 1. The van der Waals surface area contributed by atoms with E-state index in [0.29, 0.717) is 18.0 Å². The number of nitrogens with two attached hydrogens (primary N) is 1. The maximum absolute atomic E-state index is 12.3. The van der Waals surface area contributed by atoms with Crippen LogP contribution in [-0.4, -0.2) is 25.7 Å². The van der Waals surface area contributed by atoms with Crippen molar-refractivity contribution in [2.24, 2.45) is 7.05 Å². The highest BCUT2D eigenvalue weighted by atomic mass is 16.1. The van der Waals surface area contributed by atoms with E-state index in [1.54, 1.807) is 17.1 Å². The molecule has 7 nitrogen and oxygen atoms in total. The molecule has 0 aromatic carbocycles. The fourth-order valence-corrected chi connectivity index (χ4v) is 2.95. The van der Waals surface area contributed by atoms with E-state index in [2.05, 4.69) is 20.4 Å². The van der Waals surface area contributed by atoms with Crippen molar-refractivity contribution in [2.75, 3.05) is 5.73 Å². The van der Waals surface area contributed by atoms with Crippen molar-refractivity contribution in [1.82, 2.24) is 25.1 Å². The average Bonchev–Trinajstić information content (AvgIpc) is 3.17. The molecule has 1 saturated carbocycles. The molecule has 3 rings (SSSR count). The Bertz CT molecular complexity index is 717. The van der Waals surface area contributed by atoms with Gasteiger partial charge in [0, 0.05) is 37.0 Å². The van der Waals surface area contributed by atoms with Crippen molar-refractivity contribution >= 4 is 11.7 Å². The second kappa shape index (κ2) is 6.36. The van der Waals surface area contributed by atoms with Gasteiger partial charge in [0.25, 0.3) is 5.91 Å². The summed E-state index contributed by atoms with van der Waals surface area (Å²) in [7, 11) is 1.87. The first-order chi connectivity index (χ1) is 11.1. The summed E-state index contributed by atoms with van der Waals surface area (Å²) in [6.45, 7) is 2.37. The van der Waals surface area contributed by atoms with E-state index >= 15 is 0 Å². The molecule has 0 saturated heterocycles. The van der Waals surface area contributed by atoms with Gasteiger partial charge in [-0.25, -0.2) is 9.97 Å². The first kappa shape index (κ1) is 15.5. The van der Waals surface area contributed by atoms with Gasteiger partial charge in [0.05, 0.1) is 11.8 Å². The van der Waals surface area contributed by atoms with Crippen LogP contribution in [0, 0.1) is 6.92 Å². The van der Waals surface area contributed by atoms with Crippen LogP contribution in [0.1, 0.15) is 59.0 Å². The number of hydrogen-bond donors (Lipinski definition) is 2. The van der Waals surface area contributed by atoms with Crippen LogP contribution in [0.2, 0.25) is 0 Å². The number of hydrogen-bond acceptors (Lipinski definition) is 5. The highest BCUT2D eigenvalue weighted by Gasteiger charge is 2.21. The first-order valence-electron chi connectivity index (χ1n) is 7.94. The minimum Gasteiger partial charge on any atom is -0.383 e. The number of anilines is 1. The number of nitrogens with one attached hydrogen (secondary N) is 1. The quantitative estimate of drug-likeness (QED) is 0.894. The van der Waals surface area contributed by atoms with Crippen molar-refractivity contribution in [3.8, 4) is 0 Å². The lowest BCUT2D eigenvalue weighted by molar-refractivity contribution is 0.0951. The van der Waals surface area contributed by atoms with Crippen LogP contribution < -0.4 is 11.1 Å². The molecule has 2 aromatic rings. The Morgan fingerprint density at radius 3 is 2.74 bits per heavy atom. The van der Waals surface area contributed by atoms with E-state index in [-0.39, 0.29) is 11.7 Å². The Balaban J connectivity index is 1.68. The fraction of sp³-hybridized carbons (Fsp3) is 0.500. The Labute approximate surface area is 135 Å². The van der Waals surface area contributed by atoms with Crippen molar-refractivity contribution in [2.45, 2.75) is 45.1 Å². The lowest BCUT2D eigenvalue weighted by atomic mass is 10.1. The summed E-state index contributed by atoms with van der Waals surface area (Å²) in [4.78, 5) is 21.0. The third kappa shape index (κ3) is 3.18. The van der Waals surface area contributed by atoms with Crippen molar-refractivity contribution < 1.29 is 4.79 Å². The van der Waals surface area contributed by atoms with Crippen LogP contribution in [0.15, 0.2) is 12.4 Å². The second-order valence-electron chi connectivity index (χ2n) is 6.07. The largest absolute Gasteiger partial charge is 0.383 e. The molecular weight excluding hydrogens is 292 g/mol. The van der Waals surface area contributed by atoms with E-state index in [1.807, 2.05) is 14.0 Å². The number of nitrogens with zero attached hydrogens (tertiary/aromatic N) is 4. The Hall–Kier alpha value is -2.44. The molecule has 0 aliphatic heterocycles. The number of rotatable bonds is 4. The maximum atomic E-state index is 12.3. The van der Waals surface area contributed by atoms with Gasteiger partial charge in [-0.15, -0.1) is 0 Å². The Morgan fingerprint density at radius 2 is 2.13 bits per heavy atom. The normalized spacial score (nSPS) is 15.0. The SMILES string of the molecule is Cc1c(CNC(=O)c2cnc(C3CCCC3)nc2N)cnn1C. The van der Waals surface area contributed by atoms with Gasteiger partial charge in [-0.1, -0.05) is 12.8 Å². The second-order valence-corrected chi connectivity index (χ2v) is 6.07. The Morgan fingerprint density at radius 1 is 1.39 bits per heavy atom. The third-order valence-corrected chi connectivity index (χ3v) is 4.58. The molecule has 122 valence electrons. The van der Waals surface area contributed by atoms with Gasteiger partial charge >= 0.3 is 0 Å². The molecule has 7 heteroatoms. The van der Waals surface area contributed by atoms with E-state index in [0.717, 1.165) is 29.9 Å². The summed E-state index contributed by atoms with van der Waals surface area (Å²) in [5, 5.41) is 7.00. The minimum atomic E-state index is -0.260. The van der Waals surface area contributed by atoms with Crippen molar-refractivity contribution in [3.05, 3.63) is 35.0 Å². The fourth-order valence-electron chi connectivity index (χ4n) is 2.95. The third-order valence-electron chi connectivity index (χ3n) is 4.58. The van der Waals surface area contributed by atoms with Crippen LogP contribution in [-0.2, 0) is 13.6 Å². The molecule has 2 aromatic heterocycles. The summed E-state index contributed by atoms with van der Waals surface area (Å²) in [6, 6.07) is 0. The zero-order chi connectivity index (χ0) is 16.4. The molecular formula is C16H22N6O. The van der Waals surface area contributed by atoms with Crippen LogP contribution in [0.4, 0.5) is 5.82 Å². The lowest BCUT2D eigenvalue weighted by Gasteiger charge is -2.11.